The fraction of sp³-hybridized carbons (Fsp3) is 0.200. The molecule has 0 heterocycles. The Kier molecular flexibility index (Phi) is 2.88. The zero-order valence-electron chi connectivity index (χ0n) is 6.90. The van der Waals surface area contributed by atoms with Crippen LogP contribution in [0.15, 0.2) is 29.8 Å². The van der Waals surface area contributed by atoms with Gasteiger partial charge in [0.15, 0.2) is 0 Å². The molecule has 0 saturated carbocycles. The number of rotatable bonds is 2. The first-order chi connectivity index (χ1) is 5.59. The summed E-state index contributed by atoms with van der Waals surface area (Å²) in [6.45, 7) is 5.36. The first kappa shape index (κ1) is 9.27. The minimum atomic E-state index is -0.211. The summed E-state index contributed by atoms with van der Waals surface area (Å²) in [6.07, 6.45) is 0.396. The fourth-order valence-electron chi connectivity index (χ4n) is 1.00. The van der Waals surface area contributed by atoms with Gasteiger partial charge in [-0.15, -0.1) is 0 Å². The monoisotopic (exact) mass is 184 g/mol. The van der Waals surface area contributed by atoms with Crippen molar-refractivity contribution in [2.24, 2.45) is 0 Å². The van der Waals surface area contributed by atoms with Gasteiger partial charge in [0, 0.05) is 11.5 Å². The van der Waals surface area contributed by atoms with E-state index in [1.807, 2.05) is 13.0 Å². The summed E-state index contributed by atoms with van der Waals surface area (Å²) < 4.78 is 13.1. The topological polar surface area (TPSA) is 0 Å². The Morgan fingerprint density at radius 3 is 2.75 bits per heavy atom. The number of hydrogen-bond donors (Lipinski definition) is 0. The minimum absolute atomic E-state index is 0.211. The van der Waals surface area contributed by atoms with E-state index < -0.39 is 0 Å². The molecule has 1 rings (SSSR count). The maximum atomic E-state index is 13.1. The third-order valence-electron chi connectivity index (χ3n) is 1.59. The molecule has 0 saturated heterocycles. The van der Waals surface area contributed by atoms with Crippen LogP contribution in [0.3, 0.4) is 0 Å². The van der Waals surface area contributed by atoms with Crippen molar-refractivity contribution >= 4 is 11.6 Å². The Hall–Kier alpha value is -0.820. The maximum absolute atomic E-state index is 13.1. The molecule has 1 aromatic rings. The molecule has 0 N–H and O–H groups in total. The summed E-state index contributed by atoms with van der Waals surface area (Å²) in [5.74, 6) is -0.211. The van der Waals surface area contributed by atoms with Crippen LogP contribution in [0.4, 0.5) is 4.39 Å². The van der Waals surface area contributed by atoms with E-state index in [4.69, 9.17) is 11.6 Å². The van der Waals surface area contributed by atoms with Crippen LogP contribution in [0.2, 0.25) is 0 Å². The predicted molar refractivity (Wildman–Crippen MR) is 49.8 cm³/mol. The molecule has 64 valence electrons. The number of aryl methyl sites for hydroxylation is 1. The number of hydrogen-bond acceptors (Lipinski definition) is 0. The van der Waals surface area contributed by atoms with Gasteiger partial charge in [-0.1, -0.05) is 30.3 Å². The van der Waals surface area contributed by atoms with Crippen molar-refractivity contribution in [3.63, 3.8) is 0 Å². The Balaban J connectivity index is 2.93. The maximum Gasteiger partial charge on any atom is 0.127 e. The molecule has 0 fully saturated rings. The Morgan fingerprint density at radius 2 is 2.25 bits per heavy atom. The first-order valence-corrected chi connectivity index (χ1v) is 4.05. The van der Waals surface area contributed by atoms with Crippen LogP contribution < -0.4 is 0 Å². The highest BCUT2D eigenvalue weighted by Gasteiger charge is 2.02. The zero-order chi connectivity index (χ0) is 9.14. The molecule has 0 aromatic heterocycles. The third-order valence-corrected chi connectivity index (χ3v) is 1.72. The van der Waals surface area contributed by atoms with Crippen molar-refractivity contribution in [2.75, 3.05) is 0 Å². The summed E-state index contributed by atoms with van der Waals surface area (Å²) in [6, 6.07) is 5.09. The average molecular weight is 185 g/mol. The van der Waals surface area contributed by atoms with E-state index in [9.17, 15) is 4.39 Å². The van der Waals surface area contributed by atoms with Crippen LogP contribution in [0.1, 0.15) is 11.1 Å². The molecule has 0 unspecified atom stereocenters. The van der Waals surface area contributed by atoms with Gasteiger partial charge in [0.2, 0.25) is 0 Å². The molecule has 0 bridgehead atoms. The summed E-state index contributed by atoms with van der Waals surface area (Å²) in [5.41, 5.74) is 1.51. The van der Waals surface area contributed by atoms with Crippen LogP contribution in [0.5, 0.6) is 0 Å². The molecule has 0 amide bonds. The van der Waals surface area contributed by atoms with Gasteiger partial charge in [-0.2, -0.15) is 0 Å². The van der Waals surface area contributed by atoms with Gasteiger partial charge < -0.3 is 0 Å². The highest BCUT2D eigenvalue weighted by atomic mass is 35.5. The largest absolute Gasteiger partial charge is 0.207 e. The van der Waals surface area contributed by atoms with Gasteiger partial charge in [-0.05, 0) is 24.1 Å². The second-order valence-corrected chi connectivity index (χ2v) is 3.32. The highest BCUT2D eigenvalue weighted by molar-refractivity contribution is 6.29. The van der Waals surface area contributed by atoms with Crippen molar-refractivity contribution in [1.29, 1.82) is 0 Å². The lowest BCUT2D eigenvalue weighted by Gasteiger charge is -2.01. The molecule has 2 heteroatoms. The Morgan fingerprint density at radius 1 is 1.58 bits per heavy atom. The van der Waals surface area contributed by atoms with E-state index in [0.29, 0.717) is 17.0 Å². The van der Waals surface area contributed by atoms with Gasteiger partial charge >= 0.3 is 0 Å². The van der Waals surface area contributed by atoms with Crippen molar-refractivity contribution < 1.29 is 4.39 Å². The van der Waals surface area contributed by atoms with E-state index in [-0.39, 0.29) is 5.82 Å². The number of halogens is 2. The zero-order valence-corrected chi connectivity index (χ0v) is 7.66. The predicted octanol–water partition coefficient (Wildman–Crippen LogP) is 3.43. The van der Waals surface area contributed by atoms with Crippen LogP contribution in [-0.2, 0) is 6.42 Å². The highest BCUT2D eigenvalue weighted by Crippen LogP contribution is 2.14. The van der Waals surface area contributed by atoms with Crippen LogP contribution in [-0.4, -0.2) is 0 Å². The van der Waals surface area contributed by atoms with Crippen molar-refractivity contribution in [3.05, 3.63) is 46.8 Å². The van der Waals surface area contributed by atoms with E-state index in [0.717, 1.165) is 5.56 Å². The standard InChI is InChI=1S/C10H10ClF/c1-7-3-4-9(6-8(2)11)10(12)5-7/h3-5H,2,6H2,1H3. The SMILES string of the molecule is C=C(Cl)Cc1ccc(C)cc1F. The van der Waals surface area contributed by atoms with Crippen molar-refractivity contribution in [1.82, 2.24) is 0 Å². The molecular weight excluding hydrogens is 175 g/mol. The van der Waals surface area contributed by atoms with E-state index in [1.54, 1.807) is 6.07 Å². The second-order valence-electron chi connectivity index (χ2n) is 2.79. The summed E-state index contributed by atoms with van der Waals surface area (Å²) in [7, 11) is 0. The van der Waals surface area contributed by atoms with E-state index in [1.165, 1.54) is 6.07 Å². The van der Waals surface area contributed by atoms with Crippen LogP contribution in [0.25, 0.3) is 0 Å². The normalized spacial score (nSPS) is 9.92. The number of benzene rings is 1. The van der Waals surface area contributed by atoms with Gasteiger partial charge in [0.1, 0.15) is 5.82 Å². The minimum Gasteiger partial charge on any atom is -0.207 e. The first-order valence-electron chi connectivity index (χ1n) is 3.68. The molecular formula is C10H10ClF. The lowest BCUT2D eigenvalue weighted by molar-refractivity contribution is 0.613. The lowest BCUT2D eigenvalue weighted by Crippen LogP contribution is -1.90. The fourth-order valence-corrected chi connectivity index (χ4v) is 1.15. The molecule has 0 aliphatic heterocycles. The molecule has 0 nitrogen and oxygen atoms in total. The average Bonchev–Trinajstić information content (AvgIpc) is 1.94. The Labute approximate surface area is 76.7 Å². The van der Waals surface area contributed by atoms with Crippen molar-refractivity contribution in [3.8, 4) is 0 Å². The number of allylic oxidation sites excluding steroid dienone is 1. The summed E-state index contributed by atoms with van der Waals surface area (Å²) in [4.78, 5) is 0. The molecule has 0 aliphatic rings. The molecule has 0 radical (unpaired) electrons. The lowest BCUT2D eigenvalue weighted by atomic mass is 10.1. The molecule has 0 spiro atoms. The Bertz CT molecular complexity index is 305. The molecule has 0 aliphatic carbocycles. The molecule has 0 atom stereocenters. The summed E-state index contributed by atoms with van der Waals surface area (Å²) in [5, 5.41) is 0.456. The van der Waals surface area contributed by atoms with Crippen LogP contribution in [0, 0.1) is 12.7 Å². The van der Waals surface area contributed by atoms with E-state index in [2.05, 4.69) is 6.58 Å². The van der Waals surface area contributed by atoms with Crippen molar-refractivity contribution in [2.45, 2.75) is 13.3 Å². The van der Waals surface area contributed by atoms with Gasteiger partial charge in [0.05, 0.1) is 0 Å². The van der Waals surface area contributed by atoms with E-state index >= 15 is 0 Å². The molecule has 12 heavy (non-hydrogen) atoms. The summed E-state index contributed by atoms with van der Waals surface area (Å²) >= 11 is 5.56. The molecule has 1 aromatic carbocycles. The quantitative estimate of drug-likeness (QED) is 0.661. The van der Waals surface area contributed by atoms with Crippen LogP contribution >= 0.6 is 11.6 Å². The third kappa shape index (κ3) is 2.35. The van der Waals surface area contributed by atoms with Gasteiger partial charge in [-0.3, -0.25) is 0 Å². The second kappa shape index (κ2) is 3.72. The van der Waals surface area contributed by atoms with Gasteiger partial charge in [-0.25, -0.2) is 4.39 Å². The van der Waals surface area contributed by atoms with Gasteiger partial charge in [0.25, 0.3) is 0 Å². The smallest absolute Gasteiger partial charge is 0.127 e.